The van der Waals surface area contributed by atoms with Gasteiger partial charge in [-0.2, -0.15) is 0 Å². The summed E-state index contributed by atoms with van der Waals surface area (Å²) in [5.74, 6) is 0. The Kier molecular flexibility index (Phi) is 5.25. The van der Waals surface area contributed by atoms with Crippen molar-refractivity contribution in [3.05, 3.63) is 23.8 Å². The van der Waals surface area contributed by atoms with Crippen LogP contribution in [-0.4, -0.2) is 22.7 Å². The van der Waals surface area contributed by atoms with Crippen molar-refractivity contribution in [1.29, 1.82) is 0 Å². The third-order valence-corrected chi connectivity index (χ3v) is 2.75. The topological polar surface area (TPSA) is 64.5 Å². The number of rotatable bonds is 6. The van der Waals surface area contributed by atoms with Gasteiger partial charge in [-0.15, -0.1) is 0 Å². The molecule has 0 amide bonds. The second-order valence-corrected chi connectivity index (χ2v) is 4.11. The molecule has 1 rings (SSSR count). The van der Waals surface area contributed by atoms with Crippen molar-refractivity contribution >= 4 is 11.4 Å². The van der Waals surface area contributed by atoms with Gasteiger partial charge in [0, 0.05) is 11.4 Å². The van der Waals surface area contributed by atoms with Gasteiger partial charge in [-0.3, -0.25) is 0 Å². The molecule has 2 atom stereocenters. The van der Waals surface area contributed by atoms with E-state index in [-0.39, 0.29) is 0 Å². The van der Waals surface area contributed by atoms with Gasteiger partial charge in [0.1, 0.15) is 12.5 Å². The average Bonchev–Trinajstić information content (AvgIpc) is 2.33. The summed E-state index contributed by atoms with van der Waals surface area (Å²) >= 11 is 0. The molecule has 0 aliphatic heterocycles. The van der Waals surface area contributed by atoms with Crippen LogP contribution in [0.25, 0.3) is 0 Å². The van der Waals surface area contributed by atoms with Crippen LogP contribution in [-0.2, 0) is 0 Å². The lowest BCUT2D eigenvalue weighted by Crippen LogP contribution is -2.20. The number of aliphatic hydroxyl groups excluding tert-OH is 2. The predicted molar refractivity (Wildman–Crippen MR) is 71.0 cm³/mol. The van der Waals surface area contributed by atoms with E-state index in [1.807, 2.05) is 39.0 Å². The lowest BCUT2D eigenvalue weighted by atomic mass is 10.1. The molecule has 0 aromatic heterocycles. The van der Waals surface area contributed by atoms with Gasteiger partial charge in [0.2, 0.25) is 0 Å². The fourth-order valence-corrected chi connectivity index (χ4v) is 1.51. The second-order valence-electron chi connectivity index (χ2n) is 4.11. The highest BCUT2D eigenvalue weighted by Gasteiger charge is 2.08. The minimum Gasteiger partial charge on any atom is -0.374 e. The molecule has 4 nitrogen and oxygen atoms in total. The first-order valence-corrected chi connectivity index (χ1v) is 6.07. The molecular weight excluding hydrogens is 216 g/mol. The molecule has 17 heavy (non-hydrogen) atoms. The van der Waals surface area contributed by atoms with Crippen molar-refractivity contribution in [2.45, 2.75) is 46.1 Å². The van der Waals surface area contributed by atoms with Crippen LogP contribution in [0.2, 0.25) is 0 Å². The van der Waals surface area contributed by atoms with Crippen LogP contribution in [0, 0.1) is 6.92 Å². The van der Waals surface area contributed by atoms with Crippen molar-refractivity contribution < 1.29 is 10.2 Å². The minimum absolute atomic E-state index is 0.542. The van der Waals surface area contributed by atoms with E-state index < -0.39 is 12.5 Å². The van der Waals surface area contributed by atoms with Crippen molar-refractivity contribution in [3.8, 4) is 0 Å². The van der Waals surface area contributed by atoms with E-state index >= 15 is 0 Å². The highest BCUT2D eigenvalue weighted by Crippen LogP contribution is 2.24. The molecule has 2 unspecified atom stereocenters. The summed E-state index contributed by atoms with van der Waals surface area (Å²) in [6.07, 6.45) is 0.212. The first-order chi connectivity index (χ1) is 8.08. The van der Waals surface area contributed by atoms with Crippen LogP contribution < -0.4 is 10.6 Å². The molecule has 0 saturated carbocycles. The van der Waals surface area contributed by atoms with E-state index in [4.69, 9.17) is 0 Å². The van der Waals surface area contributed by atoms with E-state index in [1.165, 1.54) is 0 Å². The molecule has 4 heteroatoms. The van der Waals surface area contributed by atoms with E-state index in [0.717, 1.165) is 16.9 Å². The van der Waals surface area contributed by atoms with Crippen LogP contribution >= 0.6 is 0 Å². The first kappa shape index (κ1) is 13.8. The Labute approximate surface area is 103 Å². The monoisotopic (exact) mass is 238 g/mol. The lowest BCUT2D eigenvalue weighted by Gasteiger charge is -2.19. The highest BCUT2D eigenvalue weighted by molar-refractivity contribution is 5.65. The van der Waals surface area contributed by atoms with Gasteiger partial charge < -0.3 is 20.8 Å². The molecule has 0 heterocycles. The van der Waals surface area contributed by atoms with Crippen molar-refractivity contribution in [2.24, 2.45) is 0 Å². The summed E-state index contributed by atoms with van der Waals surface area (Å²) in [4.78, 5) is 0. The van der Waals surface area contributed by atoms with Gasteiger partial charge in [-0.25, -0.2) is 0 Å². The number of hydrogen-bond donors (Lipinski definition) is 4. The molecule has 0 spiro atoms. The molecule has 0 aliphatic carbocycles. The molecular formula is C13H22N2O2. The maximum atomic E-state index is 9.57. The molecule has 4 N–H and O–H groups in total. The summed E-state index contributed by atoms with van der Waals surface area (Å²) < 4.78 is 0. The molecule has 0 bridgehead atoms. The zero-order valence-corrected chi connectivity index (χ0v) is 10.7. The smallest absolute Gasteiger partial charge is 0.124 e. The first-order valence-electron chi connectivity index (χ1n) is 6.07. The number of anilines is 2. The van der Waals surface area contributed by atoms with Gasteiger partial charge >= 0.3 is 0 Å². The summed E-state index contributed by atoms with van der Waals surface area (Å²) in [5.41, 5.74) is 2.76. The number of hydrogen-bond acceptors (Lipinski definition) is 4. The molecule has 1 aromatic carbocycles. The standard InChI is InChI=1S/C13H22N2O2/c1-4-12(16)14-10-7-6-8-11(9(10)3)15-13(17)5-2/h6-8,12-17H,4-5H2,1-3H3. The predicted octanol–water partition coefficient (Wildman–Crippen LogP) is 2.28. The summed E-state index contributed by atoms with van der Waals surface area (Å²) in [6.45, 7) is 5.78. The number of nitrogens with one attached hydrogen (secondary N) is 2. The van der Waals surface area contributed by atoms with E-state index in [1.54, 1.807) is 0 Å². The van der Waals surface area contributed by atoms with Gasteiger partial charge in [-0.1, -0.05) is 19.9 Å². The molecule has 0 saturated heterocycles. The largest absolute Gasteiger partial charge is 0.374 e. The van der Waals surface area contributed by atoms with Crippen LogP contribution in [0.5, 0.6) is 0 Å². The second kappa shape index (κ2) is 6.47. The van der Waals surface area contributed by atoms with Crippen LogP contribution in [0.3, 0.4) is 0 Å². The molecule has 1 aromatic rings. The van der Waals surface area contributed by atoms with E-state index in [0.29, 0.717) is 12.8 Å². The fourth-order valence-electron chi connectivity index (χ4n) is 1.51. The number of benzene rings is 1. The quantitative estimate of drug-likeness (QED) is 0.574. The van der Waals surface area contributed by atoms with Crippen molar-refractivity contribution in [3.63, 3.8) is 0 Å². The summed E-state index contributed by atoms with van der Waals surface area (Å²) in [7, 11) is 0. The SMILES string of the molecule is CCC(O)Nc1cccc(NC(O)CC)c1C. The van der Waals surface area contributed by atoms with Crippen LogP contribution in [0.4, 0.5) is 11.4 Å². The molecule has 0 radical (unpaired) electrons. The maximum absolute atomic E-state index is 9.57. The number of aliphatic hydroxyl groups is 2. The molecule has 0 aliphatic rings. The third kappa shape index (κ3) is 3.91. The summed E-state index contributed by atoms with van der Waals surface area (Å²) in [6, 6.07) is 5.72. The highest BCUT2D eigenvalue weighted by atomic mass is 16.3. The van der Waals surface area contributed by atoms with Gasteiger partial charge in [0.15, 0.2) is 0 Å². The Hall–Kier alpha value is -1.26. The van der Waals surface area contributed by atoms with Gasteiger partial charge in [-0.05, 0) is 37.5 Å². The Morgan fingerprint density at radius 3 is 1.76 bits per heavy atom. The van der Waals surface area contributed by atoms with Crippen LogP contribution in [0.15, 0.2) is 18.2 Å². The normalized spacial score (nSPS) is 14.2. The maximum Gasteiger partial charge on any atom is 0.124 e. The Bertz CT molecular complexity index is 325. The Morgan fingerprint density at radius 1 is 1.00 bits per heavy atom. The van der Waals surface area contributed by atoms with Gasteiger partial charge in [0.25, 0.3) is 0 Å². The lowest BCUT2D eigenvalue weighted by molar-refractivity contribution is 0.199. The zero-order valence-electron chi connectivity index (χ0n) is 10.7. The van der Waals surface area contributed by atoms with Crippen LogP contribution in [0.1, 0.15) is 32.3 Å². The Balaban J connectivity index is 2.83. The summed E-state index contributed by atoms with van der Waals surface area (Å²) in [5, 5.41) is 25.2. The van der Waals surface area contributed by atoms with E-state index in [9.17, 15) is 10.2 Å². The van der Waals surface area contributed by atoms with E-state index in [2.05, 4.69) is 10.6 Å². The fraction of sp³-hybridized carbons (Fsp3) is 0.538. The molecule has 96 valence electrons. The third-order valence-electron chi connectivity index (χ3n) is 2.75. The van der Waals surface area contributed by atoms with Crippen molar-refractivity contribution in [1.82, 2.24) is 0 Å². The minimum atomic E-state index is -0.542. The Morgan fingerprint density at radius 2 is 1.41 bits per heavy atom. The zero-order chi connectivity index (χ0) is 12.8. The molecule has 0 fully saturated rings. The average molecular weight is 238 g/mol. The van der Waals surface area contributed by atoms with Crippen molar-refractivity contribution in [2.75, 3.05) is 10.6 Å². The van der Waals surface area contributed by atoms with Gasteiger partial charge in [0.05, 0.1) is 0 Å².